The minimum atomic E-state index is 0. The highest BCUT2D eigenvalue weighted by molar-refractivity contribution is 5.85. The Morgan fingerprint density at radius 3 is 2.27 bits per heavy atom. The third kappa shape index (κ3) is 1.40. The number of nitrogens with two attached hydrogens (primary N) is 1. The van der Waals surface area contributed by atoms with Crippen molar-refractivity contribution in [3.05, 3.63) is 0 Å². The number of fused-ring (bicyclic) bond motifs is 2. The van der Waals surface area contributed by atoms with Gasteiger partial charge in [0, 0.05) is 13.2 Å². The zero-order chi connectivity index (χ0) is 7.14. The van der Waals surface area contributed by atoms with E-state index in [0.717, 1.165) is 11.8 Å². The molecule has 0 saturated heterocycles. The summed E-state index contributed by atoms with van der Waals surface area (Å²) in [6.45, 7) is 0. The monoisotopic (exact) mass is 177 g/mol. The van der Waals surface area contributed by atoms with Gasteiger partial charge in [0.1, 0.15) is 0 Å². The van der Waals surface area contributed by atoms with Crippen LogP contribution in [0.3, 0.4) is 0 Å². The van der Waals surface area contributed by atoms with Crippen LogP contribution in [0.4, 0.5) is 0 Å². The van der Waals surface area contributed by atoms with Crippen LogP contribution in [0, 0.1) is 11.8 Å². The highest BCUT2D eigenvalue weighted by Gasteiger charge is 2.44. The number of methoxy groups -OCH3 is 1. The SMILES string of the molecule is COC1CC2CC1CC2N.Cl. The maximum atomic E-state index is 5.88. The first kappa shape index (κ1) is 9.30. The summed E-state index contributed by atoms with van der Waals surface area (Å²) in [5.41, 5.74) is 5.88. The van der Waals surface area contributed by atoms with Crippen molar-refractivity contribution >= 4 is 12.4 Å². The average Bonchev–Trinajstić information content (AvgIpc) is 2.44. The zero-order valence-electron chi connectivity index (χ0n) is 6.82. The number of ether oxygens (including phenoxy) is 1. The molecule has 2 nitrogen and oxygen atoms in total. The van der Waals surface area contributed by atoms with Crippen molar-refractivity contribution in [3.63, 3.8) is 0 Å². The highest BCUT2D eigenvalue weighted by Crippen LogP contribution is 2.44. The fourth-order valence-electron chi connectivity index (χ4n) is 2.56. The van der Waals surface area contributed by atoms with E-state index >= 15 is 0 Å². The number of rotatable bonds is 1. The summed E-state index contributed by atoms with van der Waals surface area (Å²) >= 11 is 0. The molecule has 3 heteroatoms. The minimum absolute atomic E-state index is 0. The Labute approximate surface area is 73.9 Å². The molecule has 66 valence electrons. The van der Waals surface area contributed by atoms with Crippen molar-refractivity contribution < 1.29 is 4.74 Å². The Morgan fingerprint density at radius 1 is 1.18 bits per heavy atom. The molecule has 2 aliphatic carbocycles. The first-order valence-electron chi connectivity index (χ1n) is 4.09. The molecule has 2 rings (SSSR count). The maximum Gasteiger partial charge on any atom is 0.0603 e. The largest absolute Gasteiger partial charge is 0.381 e. The van der Waals surface area contributed by atoms with Crippen LogP contribution in [-0.2, 0) is 4.74 Å². The predicted octanol–water partition coefficient (Wildman–Crippen LogP) is 1.18. The van der Waals surface area contributed by atoms with E-state index in [0.29, 0.717) is 12.1 Å². The third-order valence-electron chi connectivity index (χ3n) is 3.15. The Kier molecular flexibility index (Phi) is 2.79. The number of hydrogen-bond acceptors (Lipinski definition) is 2. The van der Waals surface area contributed by atoms with Gasteiger partial charge in [0.05, 0.1) is 6.10 Å². The van der Waals surface area contributed by atoms with Gasteiger partial charge in [0.15, 0.2) is 0 Å². The van der Waals surface area contributed by atoms with Crippen molar-refractivity contribution in [2.24, 2.45) is 17.6 Å². The molecule has 2 saturated carbocycles. The van der Waals surface area contributed by atoms with Gasteiger partial charge in [-0.3, -0.25) is 0 Å². The lowest BCUT2D eigenvalue weighted by Gasteiger charge is -2.23. The van der Waals surface area contributed by atoms with Gasteiger partial charge < -0.3 is 10.5 Å². The summed E-state index contributed by atoms with van der Waals surface area (Å²) in [5, 5.41) is 0. The Hall–Kier alpha value is 0.210. The maximum absolute atomic E-state index is 5.88. The fourth-order valence-corrected chi connectivity index (χ4v) is 2.56. The van der Waals surface area contributed by atoms with Gasteiger partial charge in [-0.05, 0) is 31.1 Å². The minimum Gasteiger partial charge on any atom is -0.381 e. The van der Waals surface area contributed by atoms with Crippen molar-refractivity contribution in [1.82, 2.24) is 0 Å². The third-order valence-corrected chi connectivity index (χ3v) is 3.15. The van der Waals surface area contributed by atoms with Crippen LogP contribution >= 0.6 is 12.4 Å². The smallest absolute Gasteiger partial charge is 0.0603 e. The van der Waals surface area contributed by atoms with Gasteiger partial charge in [-0.25, -0.2) is 0 Å². The topological polar surface area (TPSA) is 35.2 Å². The van der Waals surface area contributed by atoms with E-state index in [1.54, 1.807) is 0 Å². The molecule has 0 amide bonds. The molecule has 2 fully saturated rings. The molecule has 0 radical (unpaired) electrons. The molecule has 0 spiro atoms. The van der Waals surface area contributed by atoms with Gasteiger partial charge in [0.25, 0.3) is 0 Å². The fraction of sp³-hybridized carbons (Fsp3) is 1.00. The molecule has 2 bridgehead atoms. The predicted molar refractivity (Wildman–Crippen MR) is 46.9 cm³/mol. The van der Waals surface area contributed by atoms with Crippen molar-refractivity contribution in [2.45, 2.75) is 31.4 Å². The van der Waals surface area contributed by atoms with E-state index in [2.05, 4.69) is 0 Å². The molecular weight excluding hydrogens is 162 g/mol. The van der Waals surface area contributed by atoms with Gasteiger partial charge >= 0.3 is 0 Å². The van der Waals surface area contributed by atoms with Crippen molar-refractivity contribution in [1.29, 1.82) is 0 Å². The highest BCUT2D eigenvalue weighted by atomic mass is 35.5. The summed E-state index contributed by atoms with van der Waals surface area (Å²) in [7, 11) is 1.82. The van der Waals surface area contributed by atoms with E-state index in [9.17, 15) is 0 Å². The lowest BCUT2D eigenvalue weighted by atomic mass is 9.94. The lowest BCUT2D eigenvalue weighted by molar-refractivity contribution is 0.0534. The van der Waals surface area contributed by atoms with E-state index in [-0.39, 0.29) is 12.4 Å². The van der Waals surface area contributed by atoms with Gasteiger partial charge in [-0.1, -0.05) is 0 Å². The molecular formula is C8H16ClNO. The summed E-state index contributed by atoms with van der Waals surface area (Å²) in [6.07, 6.45) is 4.26. The molecule has 0 aliphatic heterocycles. The molecule has 2 N–H and O–H groups in total. The van der Waals surface area contributed by atoms with E-state index < -0.39 is 0 Å². The Morgan fingerprint density at radius 2 is 1.91 bits per heavy atom. The molecule has 11 heavy (non-hydrogen) atoms. The molecule has 0 heterocycles. The van der Waals surface area contributed by atoms with Crippen LogP contribution in [0.2, 0.25) is 0 Å². The van der Waals surface area contributed by atoms with Crippen LogP contribution in [0.1, 0.15) is 19.3 Å². The summed E-state index contributed by atoms with van der Waals surface area (Å²) in [4.78, 5) is 0. The van der Waals surface area contributed by atoms with Crippen LogP contribution in [0.5, 0.6) is 0 Å². The van der Waals surface area contributed by atoms with Gasteiger partial charge in [0.2, 0.25) is 0 Å². The first-order chi connectivity index (χ1) is 4.81. The zero-order valence-corrected chi connectivity index (χ0v) is 7.64. The quantitative estimate of drug-likeness (QED) is 0.653. The van der Waals surface area contributed by atoms with Crippen LogP contribution in [0.25, 0.3) is 0 Å². The number of hydrogen-bond donors (Lipinski definition) is 1. The van der Waals surface area contributed by atoms with Gasteiger partial charge in [-0.15, -0.1) is 12.4 Å². The summed E-state index contributed by atoms with van der Waals surface area (Å²) in [6, 6.07) is 0.483. The second-order valence-electron chi connectivity index (χ2n) is 3.67. The average molecular weight is 178 g/mol. The summed E-state index contributed by atoms with van der Waals surface area (Å²) < 4.78 is 5.34. The van der Waals surface area contributed by atoms with E-state index in [1.165, 1.54) is 19.3 Å². The molecule has 4 atom stereocenters. The summed E-state index contributed by atoms with van der Waals surface area (Å²) in [5.74, 6) is 1.56. The standard InChI is InChI=1S/C8H15NO.ClH/c1-10-8-4-5-2-6(8)3-7(5)9;/h5-8H,2-4,9H2,1H3;1H. The van der Waals surface area contributed by atoms with E-state index in [1.807, 2.05) is 7.11 Å². The second kappa shape index (κ2) is 3.30. The number of halogens is 1. The molecule has 4 unspecified atom stereocenters. The lowest BCUT2D eigenvalue weighted by Crippen LogP contribution is -2.32. The molecule has 0 aromatic rings. The normalized spacial score (nSPS) is 47.5. The molecule has 0 aromatic heterocycles. The molecule has 2 aliphatic rings. The second-order valence-corrected chi connectivity index (χ2v) is 3.67. The van der Waals surface area contributed by atoms with Gasteiger partial charge in [-0.2, -0.15) is 0 Å². The van der Waals surface area contributed by atoms with Crippen LogP contribution in [-0.4, -0.2) is 19.3 Å². The Bertz CT molecular complexity index is 140. The van der Waals surface area contributed by atoms with Crippen LogP contribution in [0.15, 0.2) is 0 Å². The van der Waals surface area contributed by atoms with Crippen molar-refractivity contribution in [3.8, 4) is 0 Å². The van der Waals surface area contributed by atoms with Crippen LogP contribution < -0.4 is 5.73 Å². The molecule has 0 aromatic carbocycles. The Balaban J connectivity index is 0.000000605. The van der Waals surface area contributed by atoms with E-state index in [4.69, 9.17) is 10.5 Å². The van der Waals surface area contributed by atoms with Crippen molar-refractivity contribution in [2.75, 3.05) is 7.11 Å². The first-order valence-corrected chi connectivity index (χ1v) is 4.09.